The first-order chi connectivity index (χ1) is 5.91. The van der Waals surface area contributed by atoms with Gasteiger partial charge in [-0.3, -0.25) is 4.55 Å². The van der Waals surface area contributed by atoms with Crippen LogP contribution in [0.2, 0.25) is 0 Å². The Bertz CT molecular complexity index is 251. The smallest absolute Gasteiger partial charge is 0.264 e. The molecule has 1 saturated heterocycles. The fraction of sp³-hybridized carbons (Fsp3) is 1.00. The molecule has 1 N–H and O–H groups in total. The van der Waals surface area contributed by atoms with E-state index < -0.39 is 10.1 Å². The second-order valence-corrected chi connectivity index (χ2v) is 5.53. The first-order valence-electron chi connectivity index (χ1n) is 4.44. The summed E-state index contributed by atoms with van der Waals surface area (Å²) in [5, 5.41) is 0. The van der Waals surface area contributed by atoms with Crippen LogP contribution in [0.5, 0.6) is 0 Å². The van der Waals surface area contributed by atoms with E-state index in [1.807, 2.05) is 6.92 Å². The van der Waals surface area contributed by atoms with Crippen molar-refractivity contribution in [2.45, 2.75) is 26.2 Å². The van der Waals surface area contributed by atoms with Gasteiger partial charge in [-0.25, -0.2) is 0 Å². The predicted octanol–water partition coefficient (Wildman–Crippen LogP) is 1.08. The zero-order valence-corrected chi connectivity index (χ0v) is 8.64. The summed E-state index contributed by atoms with van der Waals surface area (Å²) in [5.74, 6) is -0.135. The van der Waals surface area contributed by atoms with E-state index in [9.17, 15) is 8.42 Å². The fourth-order valence-electron chi connectivity index (χ4n) is 1.49. The Kier molecular flexibility index (Phi) is 3.32. The van der Waals surface area contributed by atoms with Crippen LogP contribution in [0, 0.1) is 5.41 Å². The van der Waals surface area contributed by atoms with Crippen molar-refractivity contribution in [2.24, 2.45) is 5.41 Å². The number of hydrogen-bond acceptors (Lipinski definition) is 3. The molecular weight excluding hydrogens is 192 g/mol. The van der Waals surface area contributed by atoms with Crippen molar-refractivity contribution in [3.05, 3.63) is 0 Å². The lowest BCUT2D eigenvalue weighted by atomic mass is 9.80. The van der Waals surface area contributed by atoms with Crippen LogP contribution < -0.4 is 0 Å². The lowest BCUT2D eigenvalue weighted by Gasteiger charge is -2.33. The van der Waals surface area contributed by atoms with Gasteiger partial charge in [0.25, 0.3) is 10.1 Å². The number of rotatable bonds is 3. The lowest BCUT2D eigenvalue weighted by molar-refractivity contribution is 0.0223. The molecule has 0 atom stereocenters. The summed E-state index contributed by atoms with van der Waals surface area (Å²) in [6, 6.07) is 0. The normalized spacial score (nSPS) is 22.9. The quantitative estimate of drug-likeness (QED) is 0.705. The van der Waals surface area contributed by atoms with Gasteiger partial charge < -0.3 is 4.74 Å². The van der Waals surface area contributed by atoms with Crippen molar-refractivity contribution in [2.75, 3.05) is 19.0 Å². The van der Waals surface area contributed by atoms with E-state index in [4.69, 9.17) is 9.29 Å². The monoisotopic (exact) mass is 208 g/mol. The Labute approximate surface area is 79.0 Å². The van der Waals surface area contributed by atoms with Gasteiger partial charge >= 0.3 is 0 Å². The Balaban J connectivity index is 2.42. The summed E-state index contributed by atoms with van der Waals surface area (Å²) in [7, 11) is -3.80. The maximum atomic E-state index is 10.5. The van der Waals surface area contributed by atoms with Crippen molar-refractivity contribution in [1.29, 1.82) is 0 Å². The van der Waals surface area contributed by atoms with Crippen LogP contribution in [0.1, 0.15) is 26.2 Å². The van der Waals surface area contributed by atoms with E-state index in [0.717, 1.165) is 12.8 Å². The van der Waals surface area contributed by atoms with E-state index in [-0.39, 0.29) is 11.2 Å². The molecule has 0 aliphatic carbocycles. The molecule has 13 heavy (non-hydrogen) atoms. The Morgan fingerprint density at radius 1 is 1.38 bits per heavy atom. The molecule has 0 radical (unpaired) electrons. The summed E-state index contributed by atoms with van der Waals surface area (Å²) in [6.45, 7) is 3.44. The van der Waals surface area contributed by atoms with Gasteiger partial charge in [-0.15, -0.1) is 0 Å². The second kappa shape index (κ2) is 3.94. The highest BCUT2D eigenvalue weighted by molar-refractivity contribution is 7.85. The zero-order chi connectivity index (χ0) is 9.95. The molecular formula is C8H16O4S. The summed E-state index contributed by atoms with van der Waals surface area (Å²) in [4.78, 5) is 0. The van der Waals surface area contributed by atoms with E-state index in [0.29, 0.717) is 19.6 Å². The predicted molar refractivity (Wildman–Crippen MR) is 49.2 cm³/mol. The molecule has 5 heteroatoms. The molecule has 0 amide bonds. The summed E-state index contributed by atoms with van der Waals surface area (Å²) in [5.41, 5.74) is 0.0219. The third-order valence-corrected chi connectivity index (χ3v) is 3.38. The van der Waals surface area contributed by atoms with Crippen molar-refractivity contribution in [3.8, 4) is 0 Å². The van der Waals surface area contributed by atoms with Crippen LogP contribution in [-0.4, -0.2) is 31.9 Å². The SMILES string of the molecule is CC1(CCS(=O)(=O)O)CCOCC1. The van der Waals surface area contributed by atoms with E-state index >= 15 is 0 Å². The van der Waals surface area contributed by atoms with Crippen LogP contribution >= 0.6 is 0 Å². The van der Waals surface area contributed by atoms with Gasteiger partial charge in [0.1, 0.15) is 0 Å². The molecule has 1 aliphatic rings. The topological polar surface area (TPSA) is 63.6 Å². The summed E-state index contributed by atoms with van der Waals surface area (Å²) >= 11 is 0. The van der Waals surface area contributed by atoms with E-state index in [2.05, 4.69) is 0 Å². The lowest BCUT2D eigenvalue weighted by Crippen LogP contribution is -2.28. The van der Waals surface area contributed by atoms with Crippen LogP contribution in [0.25, 0.3) is 0 Å². The minimum atomic E-state index is -3.80. The van der Waals surface area contributed by atoms with Gasteiger partial charge in [-0.2, -0.15) is 8.42 Å². The highest BCUT2D eigenvalue weighted by atomic mass is 32.2. The molecule has 0 aromatic heterocycles. The van der Waals surface area contributed by atoms with E-state index in [1.165, 1.54) is 0 Å². The average Bonchev–Trinajstić information content (AvgIpc) is 2.02. The van der Waals surface area contributed by atoms with Crippen molar-refractivity contribution >= 4 is 10.1 Å². The average molecular weight is 208 g/mol. The van der Waals surface area contributed by atoms with Gasteiger partial charge in [0.05, 0.1) is 5.75 Å². The fourth-order valence-corrected chi connectivity index (χ4v) is 2.24. The number of hydrogen-bond donors (Lipinski definition) is 1. The Hall–Kier alpha value is -0.130. The molecule has 0 unspecified atom stereocenters. The molecule has 0 aromatic carbocycles. The van der Waals surface area contributed by atoms with Crippen LogP contribution in [0.15, 0.2) is 0 Å². The first-order valence-corrected chi connectivity index (χ1v) is 6.05. The first kappa shape index (κ1) is 10.9. The molecule has 1 rings (SSSR count). The molecule has 78 valence electrons. The largest absolute Gasteiger partial charge is 0.381 e. The van der Waals surface area contributed by atoms with Crippen molar-refractivity contribution < 1.29 is 17.7 Å². The van der Waals surface area contributed by atoms with Gasteiger partial charge in [0.2, 0.25) is 0 Å². The van der Waals surface area contributed by atoms with E-state index in [1.54, 1.807) is 0 Å². The number of ether oxygens (including phenoxy) is 1. The molecule has 0 bridgehead atoms. The third kappa shape index (κ3) is 4.06. The standard InChI is InChI=1S/C8H16O4S/c1-8(2-5-12-6-3-8)4-7-13(9,10)11/h2-7H2,1H3,(H,9,10,11). The van der Waals surface area contributed by atoms with Crippen LogP contribution in [-0.2, 0) is 14.9 Å². The maximum absolute atomic E-state index is 10.5. The highest BCUT2D eigenvalue weighted by Crippen LogP contribution is 2.33. The van der Waals surface area contributed by atoms with Crippen molar-refractivity contribution in [3.63, 3.8) is 0 Å². The van der Waals surface area contributed by atoms with Gasteiger partial charge in [-0.1, -0.05) is 6.92 Å². The van der Waals surface area contributed by atoms with Crippen LogP contribution in [0.3, 0.4) is 0 Å². The molecule has 1 aliphatic heterocycles. The van der Waals surface area contributed by atoms with Crippen molar-refractivity contribution in [1.82, 2.24) is 0 Å². The van der Waals surface area contributed by atoms with Gasteiger partial charge in [0, 0.05) is 13.2 Å². The third-order valence-electron chi connectivity index (χ3n) is 2.66. The Morgan fingerprint density at radius 2 is 1.92 bits per heavy atom. The summed E-state index contributed by atoms with van der Waals surface area (Å²) < 4.78 is 34.9. The zero-order valence-electron chi connectivity index (χ0n) is 7.82. The van der Waals surface area contributed by atoms with Gasteiger partial charge in [-0.05, 0) is 24.7 Å². The summed E-state index contributed by atoms with van der Waals surface area (Å²) in [6.07, 6.45) is 2.28. The maximum Gasteiger partial charge on any atom is 0.264 e. The molecule has 1 fully saturated rings. The second-order valence-electron chi connectivity index (χ2n) is 3.96. The molecule has 0 aromatic rings. The highest BCUT2D eigenvalue weighted by Gasteiger charge is 2.28. The molecule has 0 spiro atoms. The Morgan fingerprint density at radius 3 is 2.38 bits per heavy atom. The molecule has 4 nitrogen and oxygen atoms in total. The minimum Gasteiger partial charge on any atom is -0.381 e. The van der Waals surface area contributed by atoms with Gasteiger partial charge in [0.15, 0.2) is 0 Å². The molecule has 1 heterocycles. The molecule has 0 saturated carbocycles. The van der Waals surface area contributed by atoms with Crippen LogP contribution in [0.4, 0.5) is 0 Å². The minimum absolute atomic E-state index is 0.0219.